The molecule has 3 N–H and O–H groups in total. The number of aliphatic carboxylic acids is 1. The molecule has 1 saturated heterocycles. The van der Waals surface area contributed by atoms with Gasteiger partial charge in [-0.05, 0) is 12.9 Å². The van der Waals surface area contributed by atoms with Gasteiger partial charge in [-0.25, -0.2) is 0 Å². The number of rotatable bonds is 1. The van der Waals surface area contributed by atoms with Gasteiger partial charge in [0.2, 0.25) is 0 Å². The Kier molecular flexibility index (Phi) is 0.953. The van der Waals surface area contributed by atoms with E-state index in [2.05, 4.69) is 5.32 Å². The quantitative estimate of drug-likeness (QED) is 0.450. The first kappa shape index (κ1) is 3.19. The molecule has 10 heavy (non-hydrogen) atoms. The Bertz CT molecular complexity index is 288. The van der Waals surface area contributed by atoms with Crippen LogP contribution in [0.5, 0.6) is 0 Å². The highest BCUT2D eigenvalue weighted by molar-refractivity contribution is 5.70. The van der Waals surface area contributed by atoms with Gasteiger partial charge in [0.05, 0.1) is 13.3 Å². The summed E-state index contributed by atoms with van der Waals surface area (Å²) in [5.74, 6) is -4.78. The van der Waals surface area contributed by atoms with E-state index in [1.807, 2.05) is 0 Å². The maximum Gasteiger partial charge on any atom is 0.309 e. The minimum atomic E-state index is -2.97. The van der Waals surface area contributed by atoms with Crippen molar-refractivity contribution in [1.82, 2.24) is 5.32 Å². The average Bonchev–Trinajstić information content (AvgIpc) is 2.12. The monoisotopic (exact) mass is 150 g/mol. The molecule has 0 bridgehead atoms. The molecule has 4 nitrogen and oxygen atoms in total. The van der Waals surface area contributed by atoms with E-state index in [0.717, 1.165) is 0 Å². The molecule has 1 fully saturated rings. The van der Waals surface area contributed by atoms with Crippen LogP contribution in [0.1, 0.15) is 13.3 Å². The zero-order chi connectivity index (χ0) is 12.0. The van der Waals surface area contributed by atoms with Gasteiger partial charge in [0, 0.05) is 12.0 Å². The van der Waals surface area contributed by atoms with Crippen molar-refractivity contribution in [2.75, 3.05) is 13.0 Å². The summed E-state index contributed by atoms with van der Waals surface area (Å²) in [7, 11) is 0. The minimum absolute atomic E-state index is 1.49. The van der Waals surface area contributed by atoms with E-state index in [0.29, 0.717) is 0 Å². The van der Waals surface area contributed by atoms with Crippen LogP contribution in [-0.2, 0) is 4.79 Å². The molecular weight excluding hydrogens is 134 g/mol. The third kappa shape index (κ3) is 1.46. The van der Waals surface area contributed by atoms with Crippen molar-refractivity contribution in [3.63, 3.8) is 0 Å². The number of β-amino-alcohol motifs (C(OH)–C–C–N with tert-alkyl or cyclic N) is 1. The molecule has 0 spiro atoms. The Morgan fingerprint density at radius 1 is 1.90 bits per heavy atom. The number of hydrogen-bond donors (Lipinski definition) is 3. The Balaban J connectivity index is 3.22. The highest BCUT2D eigenvalue weighted by Gasteiger charge is 2.28. The number of hydrogen-bond acceptors (Lipinski definition) is 3. The smallest absolute Gasteiger partial charge is 0.309 e. The van der Waals surface area contributed by atoms with Crippen molar-refractivity contribution < 1.29 is 21.9 Å². The maximum absolute atomic E-state index is 10.8. The average molecular weight is 150 g/mol. The summed E-state index contributed by atoms with van der Waals surface area (Å²) in [6, 6.07) is 0. The second-order valence-electron chi connectivity index (χ2n) is 1.75. The van der Waals surface area contributed by atoms with Crippen LogP contribution in [0.3, 0.4) is 0 Å². The summed E-state index contributed by atoms with van der Waals surface area (Å²) in [6.45, 7) is -3.30. The molecule has 1 aliphatic rings. The topological polar surface area (TPSA) is 69.6 Å². The number of carboxylic acid groups (broad SMARTS) is 1. The van der Waals surface area contributed by atoms with Crippen molar-refractivity contribution >= 4 is 5.97 Å². The molecule has 5 unspecified atom stereocenters. The van der Waals surface area contributed by atoms with E-state index in [-0.39, 0.29) is 0 Å². The summed E-state index contributed by atoms with van der Waals surface area (Å²) in [5.41, 5.74) is 0. The van der Waals surface area contributed by atoms with E-state index in [9.17, 15) is 9.90 Å². The lowest BCUT2D eigenvalue weighted by Gasteiger charge is -2.24. The Morgan fingerprint density at radius 3 is 3.20 bits per heavy atom. The molecular formula is C6H11NO3. The SMILES string of the molecule is [2H]C1NC([2H])C([2H])(O)C([2H])(C(=O)O)C1[2H]. The second kappa shape index (κ2) is 2.98. The van der Waals surface area contributed by atoms with Gasteiger partial charge in [0.15, 0.2) is 0 Å². The van der Waals surface area contributed by atoms with Crippen LogP contribution in [0.2, 0.25) is 0 Å². The van der Waals surface area contributed by atoms with Crippen LogP contribution in [0, 0.1) is 5.89 Å². The molecule has 58 valence electrons. The Morgan fingerprint density at radius 2 is 2.60 bits per heavy atom. The lowest BCUT2D eigenvalue weighted by atomic mass is 9.96. The Hall–Kier alpha value is -0.610. The van der Waals surface area contributed by atoms with Crippen LogP contribution < -0.4 is 5.32 Å². The van der Waals surface area contributed by atoms with Crippen LogP contribution in [0.15, 0.2) is 0 Å². The van der Waals surface area contributed by atoms with Gasteiger partial charge in [-0.2, -0.15) is 0 Å². The van der Waals surface area contributed by atoms with Gasteiger partial charge in [-0.15, -0.1) is 0 Å². The molecule has 5 atom stereocenters. The third-order valence-corrected chi connectivity index (χ3v) is 1.07. The normalized spacial score (nSPS) is 77.7. The minimum Gasteiger partial charge on any atom is -0.481 e. The number of piperidine rings is 1. The summed E-state index contributed by atoms with van der Waals surface area (Å²) in [4.78, 5) is 10.8. The molecule has 0 amide bonds. The van der Waals surface area contributed by atoms with E-state index >= 15 is 0 Å². The molecule has 0 radical (unpaired) electrons. The summed E-state index contributed by atoms with van der Waals surface area (Å²) in [5, 5.41) is 20.3. The summed E-state index contributed by atoms with van der Waals surface area (Å²) in [6.07, 6.45) is -4.82. The first-order chi connectivity index (χ1) is 6.65. The molecule has 1 rings (SSSR count). The van der Waals surface area contributed by atoms with Crippen LogP contribution in [0.25, 0.3) is 0 Å². The summed E-state index contributed by atoms with van der Waals surface area (Å²) >= 11 is 0. The molecule has 1 heterocycles. The fourth-order valence-electron chi connectivity index (χ4n) is 0.602. The van der Waals surface area contributed by atoms with E-state index in [4.69, 9.17) is 12.0 Å². The lowest BCUT2D eigenvalue weighted by Crippen LogP contribution is -2.43. The highest BCUT2D eigenvalue weighted by Crippen LogP contribution is 2.11. The van der Waals surface area contributed by atoms with Gasteiger partial charge in [0.1, 0.15) is 0 Å². The van der Waals surface area contributed by atoms with Crippen molar-refractivity contribution in [1.29, 1.82) is 0 Å². The van der Waals surface area contributed by atoms with Crippen LogP contribution in [-0.4, -0.2) is 35.3 Å². The number of nitrogens with one attached hydrogen (secondary N) is 1. The number of aliphatic hydroxyl groups is 1. The van der Waals surface area contributed by atoms with E-state index in [1.165, 1.54) is 0 Å². The molecule has 1 aliphatic heterocycles. The van der Waals surface area contributed by atoms with Crippen LogP contribution in [0.4, 0.5) is 0 Å². The van der Waals surface area contributed by atoms with E-state index in [1.54, 1.807) is 0 Å². The van der Waals surface area contributed by atoms with Crippen molar-refractivity contribution in [2.45, 2.75) is 12.5 Å². The second-order valence-corrected chi connectivity index (χ2v) is 1.75. The number of carbonyl (C=O) groups is 1. The van der Waals surface area contributed by atoms with Crippen LogP contribution >= 0.6 is 0 Å². The lowest BCUT2D eigenvalue weighted by molar-refractivity contribution is -0.146. The maximum atomic E-state index is 10.8. The molecule has 0 aromatic heterocycles. The zero-order valence-corrected chi connectivity index (χ0v) is 5.03. The first-order valence-corrected chi connectivity index (χ1v) is 2.64. The fourth-order valence-corrected chi connectivity index (χ4v) is 0.602. The standard InChI is InChI=1S/C6H11NO3/c8-5-3-7-2-1-4(5)6(9)10/h4-5,7-8H,1-3H2,(H,9,10)/i1D,2D,3D,4D,5D. The molecule has 0 saturated carbocycles. The largest absolute Gasteiger partial charge is 0.481 e. The van der Waals surface area contributed by atoms with Gasteiger partial charge in [-0.3, -0.25) is 4.79 Å². The molecule has 0 aliphatic carbocycles. The van der Waals surface area contributed by atoms with Gasteiger partial charge >= 0.3 is 5.97 Å². The Labute approximate surface area is 65.9 Å². The van der Waals surface area contributed by atoms with Gasteiger partial charge in [-0.1, -0.05) is 0 Å². The van der Waals surface area contributed by atoms with Crippen molar-refractivity contribution in [3.8, 4) is 0 Å². The highest BCUT2D eigenvalue weighted by atomic mass is 16.4. The van der Waals surface area contributed by atoms with Gasteiger partial charge in [0.25, 0.3) is 0 Å². The summed E-state index contributed by atoms with van der Waals surface area (Å²) < 4.78 is 36.5. The zero-order valence-electron chi connectivity index (χ0n) is 10.0. The van der Waals surface area contributed by atoms with E-state index < -0.39 is 37.4 Å². The number of carboxylic acids is 1. The van der Waals surface area contributed by atoms with Crippen molar-refractivity contribution in [2.24, 2.45) is 5.89 Å². The van der Waals surface area contributed by atoms with Gasteiger partial charge < -0.3 is 15.5 Å². The van der Waals surface area contributed by atoms with Crippen molar-refractivity contribution in [3.05, 3.63) is 0 Å². The fraction of sp³-hybridized carbons (Fsp3) is 0.833. The predicted octanol–water partition coefficient (Wildman–Crippen LogP) is -0.959. The third-order valence-electron chi connectivity index (χ3n) is 1.07. The predicted molar refractivity (Wildman–Crippen MR) is 34.6 cm³/mol. The molecule has 0 aromatic rings. The first-order valence-electron chi connectivity index (χ1n) is 5.37. The molecule has 4 heteroatoms. The molecule has 0 aromatic carbocycles.